The first-order valence-corrected chi connectivity index (χ1v) is 5.38. The fraction of sp³-hybridized carbons (Fsp3) is 0.538. The molecule has 0 heteroatoms. The molecule has 0 aromatic carbocycles. The minimum Gasteiger partial charge on any atom is -0.0779 e. The molecule has 0 aliphatic heterocycles. The maximum Gasteiger partial charge on any atom is -0.00755 e. The summed E-state index contributed by atoms with van der Waals surface area (Å²) in [4.78, 5) is 0. The highest BCUT2D eigenvalue weighted by molar-refractivity contribution is 5.28. The molecule has 1 rings (SSSR count). The van der Waals surface area contributed by atoms with Crippen LogP contribution in [0.2, 0.25) is 0 Å². The fourth-order valence-corrected chi connectivity index (χ4v) is 1.50. The second-order valence-electron chi connectivity index (χ2n) is 3.80. The molecule has 0 radical (unpaired) electrons. The Morgan fingerprint density at radius 3 is 2.85 bits per heavy atom. The molecule has 1 atom stereocenters. The summed E-state index contributed by atoms with van der Waals surface area (Å²) in [6, 6.07) is 0. The molecule has 0 aromatic heterocycles. The lowest BCUT2D eigenvalue weighted by Crippen LogP contribution is -1.81. The molecule has 0 saturated heterocycles. The highest BCUT2D eigenvalue weighted by atomic mass is 14.0. The second kappa shape index (κ2) is 5.80. The van der Waals surface area contributed by atoms with Crippen molar-refractivity contribution < 1.29 is 0 Å². The Morgan fingerprint density at radius 2 is 2.08 bits per heavy atom. The Kier molecular flexibility index (Phi) is 4.59. The molecule has 0 nitrogen and oxygen atoms in total. The van der Waals surface area contributed by atoms with Crippen molar-refractivity contribution in [3.05, 3.63) is 36.0 Å². The zero-order valence-corrected chi connectivity index (χ0v) is 8.79. The van der Waals surface area contributed by atoms with Gasteiger partial charge in [-0.15, -0.1) is 0 Å². The third-order valence-electron chi connectivity index (χ3n) is 2.41. The molecule has 0 heterocycles. The zero-order valence-electron chi connectivity index (χ0n) is 8.79. The van der Waals surface area contributed by atoms with E-state index in [9.17, 15) is 0 Å². The van der Waals surface area contributed by atoms with Gasteiger partial charge < -0.3 is 0 Å². The SMILES string of the molecule is CCCCCC1=CC=CC(C)C=C1. The summed E-state index contributed by atoms with van der Waals surface area (Å²) < 4.78 is 0. The lowest BCUT2D eigenvalue weighted by Gasteiger charge is -1.99. The van der Waals surface area contributed by atoms with Gasteiger partial charge in [-0.05, 0) is 24.3 Å². The van der Waals surface area contributed by atoms with E-state index in [-0.39, 0.29) is 0 Å². The molecular formula is C13H20. The van der Waals surface area contributed by atoms with Gasteiger partial charge in [0, 0.05) is 0 Å². The van der Waals surface area contributed by atoms with E-state index >= 15 is 0 Å². The first-order valence-electron chi connectivity index (χ1n) is 5.38. The molecule has 1 aliphatic carbocycles. The Labute approximate surface area is 82.0 Å². The highest BCUT2D eigenvalue weighted by Crippen LogP contribution is 2.15. The van der Waals surface area contributed by atoms with Gasteiger partial charge in [0.1, 0.15) is 0 Å². The maximum atomic E-state index is 2.28. The summed E-state index contributed by atoms with van der Waals surface area (Å²) in [6.07, 6.45) is 16.5. The van der Waals surface area contributed by atoms with Gasteiger partial charge in [-0.3, -0.25) is 0 Å². The molecule has 72 valence electrons. The molecule has 0 N–H and O–H groups in total. The van der Waals surface area contributed by atoms with Gasteiger partial charge in [-0.2, -0.15) is 0 Å². The third kappa shape index (κ3) is 4.12. The topological polar surface area (TPSA) is 0 Å². The van der Waals surface area contributed by atoms with Gasteiger partial charge in [0.25, 0.3) is 0 Å². The lowest BCUT2D eigenvalue weighted by molar-refractivity contribution is 0.719. The molecule has 0 bridgehead atoms. The van der Waals surface area contributed by atoms with Gasteiger partial charge in [0.2, 0.25) is 0 Å². The predicted octanol–water partition coefficient (Wildman–Crippen LogP) is 4.26. The molecule has 0 spiro atoms. The van der Waals surface area contributed by atoms with Crippen molar-refractivity contribution in [2.45, 2.75) is 39.5 Å². The van der Waals surface area contributed by atoms with Crippen LogP contribution in [0.5, 0.6) is 0 Å². The molecule has 1 aliphatic rings. The summed E-state index contributed by atoms with van der Waals surface area (Å²) in [6.45, 7) is 4.47. The number of rotatable bonds is 4. The van der Waals surface area contributed by atoms with E-state index in [0.29, 0.717) is 5.92 Å². The Balaban J connectivity index is 2.37. The van der Waals surface area contributed by atoms with Crippen molar-refractivity contribution >= 4 is 0 Å². The Hall–Kier alpha value is -0.780. The van der Waals surface area contributed by atoms with E-state index in [1.165, 1.54) is 31.3 Å². The van der Waals surface area contributed by atoms with Gasteiger partial charge in [-0.25, -0.2) is 0 Å². The van der Waals surface area contributed by atoms with Crippen LogP contribution in [0.15, 0.2) is 36.0 Å². The monoisotopic (exact) mass is 176 g/mol. The van der Waals surface area contributed by atoms with Crippen LogP contribution in [0.3, 0.4) is 0 Å². The number of hydrogen-bond acceptors (Lipinski definition) is 0. The van der Waals surface area contributed by atoms with E-state index in [1.54, 1.807) is 0 Å². The van der Waals surface area contributed by atoms with Crippen LogP contribution in [0.25, 0.3) is 0 Å². The van der Waals surface area contributed by atoms with Gasteiger partial charge >= 0.3 is 0 Å². The van der Waals surface area contributed by atoms with E-state index in [1.807, 2.05) is 0 Å². The molecule has 0 saturated carbocycles. The van der Waals surface area contributed by atoms with Gasteiger partial charge in [0.05, 0.1) is 0 Å². The fourth-order valence-electron chi connectivity index (χ4n) is 1.50. The summed E-state index contributed by atoms with van der Waals surface area (Å²) in [5.41, 5.74) is 1.48. The normalized spacial score (nSPS) is 21.4. The van der Waals surface area contributed by atoms with Crippen LogP contribution in [-0.2, 0) is 0 Å². The zero-order chi connectivity index (χ0) is 9.52. The second-order valence-corrected chi connectivity index (χ2v) is 3.80. The molecule has 0 fully saturated rings. The van der Waals surface area contributed by atoms with Crippen molar-refractivity contribution in [2.75, 3.05) is 0 Å². The van der Waals surface area contributed by atoms with Gasteiger partial charge in [-0.1, -0.05) is 57.1 Å². The smallest absolute Gasteiger partial charge is 0.00755 e. The minimum absolute atomic E-state index is 0.597. The van der Waals surface area contributed by atoms with Gasteiger partial charge in [0.15, 0.2) is 0 Å². The van der Waals surface area contributed by atoms with E-state index in [2.05, 4.69) is 44.2 Å². The Morgan fingerprint density at radius 1 is 1.23 bits per heavy atom. The number of unbranched alkanes of at least 4 members (excludes halogenated alkanes) is 2. The largest absolute Gasteiger partial charge is 0.0779 e. The molecule has 0 aromatic rings. The van der Waals surface area contributed by atoms with Crippen LogP contribution in [0, 0.1) is 5.92 Å². The summed E-state index contributed by atoms with van der Waals surface area (Å²) in [5.74, 6) is 0.597. The number of allylic oxidation sites excluding steroid dienone is 6. The van der Waals surface area contributed by atoms with E-state index < -0.39 is 0 Å². The van der Waals surface area contributed by atoms with Crippen LogP contribution < -0.4 is 0 Å². The Bertz CT molecular complexity index is 218. The van der Waals surface area contributed by atoms with Crippen LogP contribution >= 0.6 is 0 Å². The van der Waals surface area contributed by atoms with Crippen LogP contribution in [-0.4, -0.2) is 0 Å². The molecule has 0 amide bonds. The highest BCUT2D eigenvalue weighted by Gasteiger charge is 1.97. The lowest BCUT2D eigenvalue weighted by atomic mass is 10.1. The average molecular weight is 176 g/mol. The molecular weight excluding hydrogens is 156 g/mol. The molecule has 13 heavy (non-hydrogen) atoms. The third-order valence-corrected chi connectivity index (χ3v) is 2.41. The first-order chi connectivity index (χ1) is 6.33. The minimum atomic E-state index is 0.597. The van der Waals surface area contributed by atoms with E-state index in [0.717, 1.165) is 0 Å². The first kappa shape index (κ1) is 10.3. The quantitative estimate of drug-likeness (QED) is 0.561. The summed E-state index contributed by atoms with van der Waals surface area (Å²) in [7, 11) is 0. The van der Waals surface area contributed by atoms with Crippen molar-refractivity contribution in [3.63, 3.8) is 0 Å². The molecule has 1 unspecified atom stereocenters. The van der Waals surface area contributed by atoms with Crippen molar-refractivity contribution in [1.82, 2.24) is 0 Å². The van der Waals surface area contributed by atoms with E-state index in [4.69, 9.17) is 0 Å². The summed E-state index contributed by atoms with van der Waals surface area (Å²) in [5, 5.41) is 0. The average Bonchev–Trinajstić information content (AvgIpc) is 2.32. The predicted molar refractivity (Wildman–Crippen MR) is 59.7 cm³/mol. The number of hydrogen-bond donors (Lipinski definition) is 0. The van der Waals surface area contributed by atoms with Crippen molar-refractivity contribution in [3.8, 4) is 0 Å². The van der Waals surface area contributed by atoms with Crippen LogP contribution in [0.4, 0.5) is 0 Å². The van der Waals surface area contributed by atoms with Crippen molar-refractivity contribution in [2.24, 2.45) is 5.92 Å². The standard InChI is InChI=1S/C13H20/c1-3-4-5-8-13-9-6-7-12(2)10-11-13/h6-7,9-12H,3-5,8H2,1-2H3. The maximum absolute atomic E-state index is 2.28. The van der Waals surface area contributed by atoms with Crippen LogP contribution in [0.1, 0.15) is 39.5 Å². The van der Waals surface area contributed by atoms with Crippen molar-refractivity contribution in [1.29, 1.82) is 0 Å². The summed E-state index contributed by atoms with van der Waals surface area (Å²) >= 11 is 0.